The van der Waals surface area contributed by atoms with E-state index in [-0.39, 0.29) is 6.03 Å². The molecule has 0 aromatic heterocycles. The zero-order chi connectivity index (χ0) is 17.9. The molecule has 2 aromatic rings. The van der Waals surface area contributed by atoms with Gasteiger partial charge in [0, 0.05) is 47.6 Å². The van der Waals surface area contributed by atoms with Gasteiger partial charge in [0.25, 0.3) is 0 Å². The van der Waals surface area contributed by atoms with Gasteiger partial charge in [-0.3, -0.25) is 0 Å². The van der Waals surface area contributed by atoms with Gasteiger partial charge in [-0.25, -0.2) is 4.79 Å². The van der Waals surface area contributed by atoms with E-state index in [1.54, 1.807) is 0 Å². The van der Waals surface area contributed by atoms with Crippen LogP contribution < -0.4 is 20.1 Å². The first-order valence-electron chi connectivity index (χ1n) is 8.90. The highest BCUT2D eigenvalue weighted by Crippen LogP contribution is 2.40. The van der Waals surface area contributed by atoms with Crippen LogP contribution in [-0.2, 0) is 25.8 Å². The summed E-state index contributed by atoms with van der Waals surface area (Å²) in [5.74, 6) is 1.87. The number of hydrogen-bond donors (Lipinski definition) is 2. The SMILES string of the molecule is O=C(NCCc1ccc(Cl)cc1)NCc1c2c(cc3c1OCC3)OCC2. The van der Waals surface area contributed by atoms with Gasteiger partial charge in [0.1, 0.15) is 11.5 Å². The molecule has 0 saturated heterocycles. The second kappa shape index (κ2) is 7.46. The van der Waals surface area contributed by atoms with Crippen molar-refractivity contribution < 1.29 is 14.3 Å². The Bertz CT molecular complexity index is 789. The summed E-state index contributed by atoms with van der Waals surface area (Å²) in [5.41, 5.74) is 4.53. The summed E-state index contributed by atoms with van der Waals surface area (Å²) in [6.45, 7) is 2.40. The van der Waals surface area contributed by atoms with Gasteiger partial charge in [-0.2, -0.15) is 0 Å². The average molecular weight is 373 g/mol. The third-order valence-electron chi connectivity index (χ3n) is 4.80. The molecular weight excluding hydrogens is 352 g/mol. The topological polar surface area (TPSA) is 59.6 Å². The Hall–Kier alpha value is -2.40. The first-order chi connectivity index (χ1) is 12.7. The Morgan fingerprint density at radius 3 is 2.73 bits per heavy atom. The number of hydrogen-bond acceptors (Lipinski definition) is 3. The third-order valence-corrected chi connectivity index (χ3v) is 5.05. The lowest BCUT2D eigenvalue weighted by atomic mass is 9.99. The van der Waals surface area contributed by atoms with Crippen molar-refractivity contribution in [1.82, 2.24) is 10.6 Å². The molecule has 2 aromatic carbocycles. The number of amides is 2. The van der Waals surface area contributed by atoms with Crippen LogP contribution in [0.3, 0.4) is 0 Å². The van der Waals surface area contributed by atoms with Gasteiger partial charge in [-0.1, -0.05) is 23.7 Å². The Morgan fingerprint density at radius 2 is 1.88 bits per heavy atom. The number of benzene rings is 2. The molecule has 4 rings (SSSR count). The standard InChI is InChI=1S/C20H21ClN2O3/c21-15-3-1-13(2-4-15)5-8-22-20(24)23-12-17-16-7-10-25-18(16)11-14-6-9-26-19(14)17/h1-4,11H,5-10,12H2,(H2,22,23,24). The molecule has 2 heterocycles. The van der Waals surface area contributed by atoms with Crippen LogP contribution in [0.15, 0.2) is 30.3 Å². The van der Waals surface area contributed by atoms with Gasteiger partial charge in [0.15, 0.2) is 0 Å². The van der Waals surface area contributed by atoms with Crippen LogP contribution in [0.2, 0.25) is 5.02 Å². The monoisotopic (exact) mass is 372 g/mol. The highest BCUT2D eigenvalue weighted by molar-refractivity contribution is 6.30. The van der Waals surface area contributed by atoms with E-state index in [4.69, 9.17) is 21.1 Å². The molecule has 0 aliphatic carbocycles. The van der Waals surface area contributed by atoms with Gasteiger partial charge < -0.3 is 20.1 Å². The molecule has 26 heavy (non-hydrogen) atoms. The molecule has 0 bridgehead atoms. The summed E-state index contributed by atoms with van der Waals surface area (Å²) in [5, 5.41) is 6.56. The van der Waals surface area contributed by atoms with E-state index >= 15 is 0 Å². The Labute approximate surface area is 157 Å². The van der Waals surface area contributed by atoms with Crippen molar-refractivity contribution in [1.29, 1.82) is 0 Å². The number of ether oxygens (including phenoxy) is 2. The van der Waals surface area contributed by atoms with Crippen molar-refractivity contribution in [2.24, 2.45) is 0 Å². The molecule has 2 aliphatic heterocycles. The lowest BCUT2D eigenvalue weighted by molar-refractivity contribution is 0.240. The van der Waals surface area contributed by atoms with Crippen molar-refractivity contribution in [3.05, 3.63) is 57.6 Å². The highest BCUT2D eigenvalue weighted by Gasteiger charge is 2.26. The van der Waals surface area contributed by atoms with E-state index in [9.17, 15) is 4.79 Å². The molecular formula is C20H21ClN2O3. The molecule has 2 aliphatic rings. The van der Waals surface area contributed by atoms with E-state index in [1.807, 2.05) is 24.3 Å². The Balaban J connectivity index is 1.33. The lowest BCUT2D eigenvalue weighted by Gasteiger charge is -2.14. The maximum Gasteiger partial charge on any atom is 0.315 e. The van der Waals surface area contributed by atoms with E-state index < -0.39 is 0 Å². The van der Waals surface area contributed by atoms with Crippen LogP contribution in [0.25, 0.3) is 0 Å². The number of rotatable bonds is 5. The predicted molar refractivity (Wildman–Crippen MR) is 100 cm³/mol. The largest absolute Gasteiger partial charge is 0.493 e. The molecule has 136 valence electrons. The van der Waals surface area contributed by atoms with Gasteiger partial charge in [-0.15, -0.1) is 0 Å². The fourth-order valence-corrected chi connectivity index (χ4v) is 3.60. The zero-order valence-electron chi connectivity index (χ0n) is 14.4. The summed E-state index contributed by atoms with van der Waals surface area (Å²) in [6, 6.07) is 9.55. The number of carbonyl (C=O) groups excluding carboxylic acids is 1. The highest BCUT2D eigenvalue weighted by atomic mass is 35.5. The summed E-state index contributed by atoms with van der Waals surface area (Å²) >= 11 is 5.88. The van der Waals surface area contributed by atoms with Crippen LogP contribution in [0.4, 0.5) is 4.79 Å². The van der Waals surface area contributed by atoms with E-state index in [1.165, 1.54) is 5.56 Å². The number of nitrogens with one attached hydrogen (secondary N) is 2. The minimum Gasteiger partial charge on any atom is -0.493 e. The molecule has 0 spiro atoms. The van der Waals surface area contributed by atoms with Crippen LogP contribution >= 0.6 is 11.6 Å². The summed E-state index contributed by atoms with van der Waals surface area (Å²) in [7, 11) is 0. The predicted octanol–water partition coefficient (Wildman–Crippen LogP) is 3.25. The van der Waals surface area contributed by atoms with Gasteiger partial charge >= 0.3 is 6.03 Å². The lowest BCUT2D eigenvalue weighted by Crippen LogP contribution is -2.36. The summed E-state index contributed by atoms with van der Waals surface area (Å²) in [4.78, 5) is 12.1. The normalized spacial score (nSPS) is 14.2. The van der Waals surface area contributed by atoms with Crippen molar-refractivity contribution in [3.8, 4) is 11.5 Å². The van der Waals surface area contributed by atoms with Gasteiger partial charge in [0.05, 0.1) is 13.2 Å². The van der Waals surface area contributed by atoms with E-state index in [2.05, 4.69) is 16.7 Å². The number of fused-ring (bicyclic) bond motifs is 2. The molecule has 0 fully saturated rings. The van der Waals surface area contributed by atoms with E-state index in [0.717, 1.165) is 47.5 Å². The summed E-state index contributed by atoms with van der Waals surface area (Å²) in [6.07, 6.45) is 2.52. The van der Waals surface area contributed by atoms with Crippen LogP contribution in [0, 0.1) is 0 Å². The van der Waals surface area contributed by atoms with Crippen molar-refractivity contribution in [2.45, 2.75) is 25.8 Å². The molecule has 0 radical (unpaired) electrons. The third kappa shape index (κ3) is 3.58. The smallest absolute Gasteiger partial charge is 0.315 e. The van der Waals surface area contributed by atoms with Crippen LogP contribution in [-0.4, -0.2) is 25.8 Å². The first-order valence-corrected chi connectivity index (χ1v) is 9.28. The van der Waals surface area contributed by atoms with Crippen LogP contribution in [0.5, 0.6) is 11.5 Å². The molecule has 5 nitrogen and oxygen atoms in total. The summed E-state index contributed by atoms with van der Waals surface area (Å²) < 4.78 is 11.5. The van der Waals surface area contributed by atoms with Gasteiger partial charge in [0.2, 0.25) is 0 Å². The molecule has 2 N–H and O–H groups in total. The second-order valence-electron chi connectivity index (χ2n) is 6.50. The fourth-order valence-electron chi connectivity index (χ4n) is 3.47. The second-order valence-corrected chi connectivity index (χ2v) is 6.94. The fraction of sp³-hybridized carbons (Fsp3) is 0.350. The maximum absolute atomic E-state index is 12.1. The zero-order valence-corrected chi connectivity index (χ0v) is 15.2. The average Bonchev–Trinajstić information content (AvgIpc) is 3.29. The van der Waals surface area contributed by atoms with Crippen molar-refractivity contribution >= 4 is 17.6 Å². The minimum absolute atomic E-state index is 0.178. The Kier molecular flexibility index (Phi) is 4.89. The number of halogens is 1. The minimum atomic E-state index is -0.178. The van der Waals surface area contributed by atoms with Crippen molar-refractivity contribution in [2.75, 3.05) is 19.8 Å². The molecule has 6 heteroatoms. The molecule has 2 amide bonds. The van der Waals surface area contributed by atoms with Crippen LogP contribution in [0.1, 0.15) is 22.3 Å². The number of carbonyl (C=O) groups is 1. The number of urea groups is 1. The quantitative estimate of drug-likeness (QED) is 0.847. The van der Waals surface area contributed by atoms with Gasteiger partial charge in [-0.05, 0) is 30.2 Å². The Morgan fingerprint density at radius 1 is 1.08 bits per heavy atom. The first kappa shape index (κ1) is 17.0. The molecule has 0 saturated carbocycles. The van der Waals surface area contributed by atoms with E-state index in [0.29, 0.717) is 31.3 Å². The maximum atomic E-state index is 12.1. The molecule has 0 atom stereocenters. The molecule has 0 unspecified atom stereocenters. The van der Waals surface area contributed by atoms with Crippen molar-refractivity contribution in [3.63, 3.8) is 0 Å².